The number of hydrogen-bond acceptors (Lipinski definition) is 4. The summed E-state index contributed by atoms with van der Waals surface area (Å²) in [6.07, 6.45) is 5.20. The van der Waals surface area contributed by atoms with E-state index >= 15 is 0 Å². The van der Waals surface area contributed by atoms with Crippen LogP contribution in [-0.4, -0.2) is 51.7 Å². The third-order valence-corrected chi connectivity index (χ3v) is 7.25. The maximum Gasteiger partial charge on any atom is 0.272 e. The molecule has 1 N–H and O–H groups in total. The molecule has 2 amide bonds. The largest absolute Gasteiger partial charge is 0.370 e. The van der Waals surface area contributed by atoms with E-state index in [-0.39, 0.29) is 17.4 Å². The van der Waals surface area contributed by atoms with E-state index in [9.17, 15) is 9.59 Å². The van der Waals surface area contributed by atoms with Crippen LogP contribution in [0.5, 0.6) is 0 Å². The normalized spacial score (nSPS) is 19.6. The molecule has 2 fully saturated rings. The highest BCUT2D eigenvalue weighted by molar-refractivity contribution is 5.94. The Hall–Kier alpha value is -2.67. The molecule has 1 spiro atoms. The van der Waals surface area contributed by atoms with Gasteiger partial charge < -0.3 is 15.0 Å². The van der Waals surface area contributed by atoms with Crippen molar-refractivity contribution in [2.45, 2.75) is 57.7 Å². The lowest BCUT2D eigenvalue weighted by Crippen LogP contribution is -2.51. The fourth-order valence-corrected chi connectivity index (χ4v) is 4.86. The van der Waals surface area contributed by atoms with Crippen molar-refractivity contribution in [1.82, 2.24) is 20.0 Å². The first kappa shape index (κ1) is 21.2. The lowest BCUT2D eigenvalue weighted by atomic mass is 9.83. The number of nitrogens with one attached hydrogen (secondary N) is 1. The molecular weight excluding hydrogens is 404 g/mol. The Bertz CT molecular complexity index is 1010. The third-order valence-electron chi connectivity index (χ3n) is 7.25. The number of aryl methyl sites for hydroxylation is 2. The number of carbonyl (C=O) groups excluding carboxylic acids is 2. The van der Waals surface area contributed by atoms with Crippen LogP contribution in [0.15, 0.2) is 24.3 Å². The van der Waals surface area contributed by atoms with Crippen LogP contribution in [0.2, 0.25) is 0 Å². The molecule has 2 aliphatic heterocycles. The minimum absolute atomic E-state index is 0.0928. The van der Waals surface area contributed by atoms with Gasteiger partial charge in [0, 0.05) is 44.4 Å². The van der Waals surface area contributed by atoms with Gasteiger partial charge in [-0.05, 0) is 44.1 Å². The number of aromatic nitrogens is 2. The van der Waals surface area contributed by atoms with Crippen LogP contribution in [-0.2, 0) is 36.0 Å². The van der Waals surface area contributed by atoms with Gasteiger partial charge in [0.1, 0.15) is 0 Å². The smallest absolute Gasteiger partial charge is 0.272 e. The highest BCUT2D eigenvalue weighted by atomic mass is 16.5. The fraction of sp³-hybridized carbons (Fsp3) is 0.560. The maximum absolute atomic E-state index is 12.8. The number of hydrogen-bond donors (Lipinski definition) is 1. The van der Waals surface area contributed by atoms with Gasteiger partial charge in [0.25, 0.3) is 5.91 Å². The van der Waals surface area contributed by atoms with Crippen molar-refractivity contribution < 1.29 is 14.3 Å². The molecule has 0 unspecified atom stereocenters. The molecule has 1 aromatic carbocycles. The van der Waals surface area contributed by atoms with Crippen molar-refractivity contribution in [2.75, 3.05) is 19.6 Å². The second-order valence-corrected chi connectivity index (χ2v) is 9.74. The van der Waals surface area contributed by atoms with Gasteiger partial charge in [0.2, 0.25) is 5.91 Å². The first-order valence-electron chi connectivity index (χ1n) is 11.7. The molecule has 1 saturated carbocycles. The number of ether oxygens (including phenoxy) is 1. The number of rotatable bonds is 5. The number of fused-ring (bicyclic) bond motifs is 1. The molecule has 3 aliphatic rings. The highest BCUT2D eigenvalue weighted by Gasteiger charge is 2.42. The van der Waals surface area contributed by atoms with Crippen LogP contribution in [0.1, 0.15) is 58.6 Å². The molecule has 1 saturated heterocycles. The van der Waals surface area contributed by atoms with Gasteiger partial charge >= 0.3 is 0 Å². The topological polar surface area (TPSA) is 76.5 Å². The van der Waals surface area contributed by atoms with Gasteiger partial charge in [0.15, 0.2) is 5.69 Å². The van der Waals surface area contributed by atoms with Crippen molar-refractivity contribution in [1.29, 1.82) is 0 Å². The van der Waals surface area contributed by atoms with Crippen molar-refractivity contribution in [3.63, 3.8) is 0 Å². The summed E-state index contributed by atoms with van der Waals surface area (Å²) in [5.41, 5.74) is 4.50. The number of carbonyl (C=O) groups is 2. The molecule has 170 valence electrons. The van der Waals surface area contributed by atoms with Crippen LogP contribution in [0, 0.1) is 12.8 Å². The van der Waals surface area contributed by atoms with E-state index in [1.54, 1.807) is 0 Å². The predicted octanol–water partition coefficient (Wildman–Crippen LogP) is 2.54. The van der Waals surface area contributed by atoms with Crippen LogP contribution in [0.3, 0.4) is 0 Å². The fourth-order valence-electron chi connectivity index (χ4n) is 4.86. The number of nitrogens with zero attached hydrogens (tertiary/aromatic N) is 3. The van der Waals surface area contributed by atoms with Gasteiger partial charge in [-0.3, -0.25) is 14.3 Å². The van der Waals surface area contributed by atoms with E-state index < -0.39 is 0 Å². The summed E-state index contributed by atoms with van der Waals surface area (Å²) in [4.78, 5) is 27.4. The second-order valence-electron chi connectivity index (χ2n) is 9.74. The van der Waals surface area contributed by atoms with E-state index in [2.05, 4.69) is 29.5 Å². The van der Waals surface area contributed by atoms with Crippen molar-refractivity contribution in [3.05, 3.63) is 52.3 Å². The Morgan fingerprint density at radius 3 is 2.59 bits per heavy atom. The Labute approximate surface area is 189 Å². The lowest BCUT2D eigenvalue weighted by Gasteiger charge is -2.44. The molecule has 1 aromatic heterocycles. The molecule has 1 aliphatic carbocycles. The molecule has 0 bridgehead atoms. The van der Waals surface area contributed by atoms with E-state index in [0.29, 0.717) is 37.7 Å². The summed E-state index contributed by atoms with van der Waals surface area (Å²) in [6, 6.07) is 8.17. The highest BCUT2D eigenvalue weighted by Crippen LogP contribution is 2.37. The summed E-state index contributed by atoms with van der Waals surface area (Å²) >= 11 is 0. The average molecular weight is 437 g/mol. The minimum atomic E-state index is -0.275. The number of piperidine rings is 1. The van der Waals surface area contributed by atoms with E-state index in [1.807, 2.05) is 28.8 Å². The molecular formula is C25H32N4O3. The summed E-state index contributed by atoms with van der Waals surface area (Å²) in [5, 5.41) is 7.55. The van der Waals surface area contributed by atoms with Crippen molar-refractivity contribution in [3.8, 4) is 0 Å². The molecule has 32 heavy (non-hydrogen) atoms. The quantitative estimate of drug-likeness (QED) is 0.782. The van der Waals surface area contributed by atoms with Crippen LogP contribution in [0.4, 0.5) is 0 Å². The van der Waals surface area contributed by atoms with Gasteiger partial charge in [0.05, 0.1) is 18.6 Å². The van der Waals surface area contributed by atoms with Crippen molar-refractivity contribution >= 4 is 11.8 Å². The Morgan fingerprint density at radius 2 is 1.91 bits per heavy atom. The molecule has 3 heterocycles. The zero-order valence-corrected chi connectivity index (χ0v) is 19.0. The minimum Gasteiger partial charge on any atom is -0.370 e. The standard InChI is InChI=1S/C25H32N4O3/c1-17-3-5-18(6-4-17)13-22(30)29-11-9-25(10-12-29)14-21-20(16-32-25)23(27-28(21)2)24(31)26-15-19-7-8-19/h3-6,19H,7-16H2,1-2H3,(H,26,31). The number of amides is 2. The number of benzene rings is 1. The summed E-state index contributed by atoms with van der Waals surface area (Å²) in [5.74, 6) is 0.720. The Balaban J connectivity index is 1.21. The SMILES string of the molecule is Cc1ccc(CC(=O)N2CCC3(CC2)Cc2c(c(C(=O)NCC4CC4)nn2C)CO3)cc1. The first-order valence-corrected chi connectivity index (χ1v) is 11.7. The van der Waals surface area contributed by atoms with Crippen molar-refractivity contribution in [2.24, 2.45) is 13.0 Å². The van der Waals surface area contributed by atoms with Gasteiger partial charge in [-0.15, -0.1) is 0 Å². The maximum atomic E-state index is 12.8. The molecule has 7 heteroatoms. The van der Waals surface area contributed by atoms with E-state index in [0.717, 1.165) is 42.6 Å². The predicted molar refractivity (Wildman–Crippen MR) is 120 cm³/mol. The Kier molecular flexibility index (Phi) is 5.53. The van der Waals surface area contributed by atoms with E-state index in [4.69, 9.17) is 4.74 Å². The van der Waals surface area contributed by atoms with Gasteiger partial charge in [-0.1, -0.05) is 29.8 Å². The molecule has 0 atom stereocenters. The first-order chi connectivity index (χ1) is 15.4. The third kappa shape index (κ3) is 4.31. The average Bonchev–Trinajstić information content (AvgIpc) is 3.57. The molecule has 0 radical (unpaired) electrons. The molecule has 2 aromatic rings. The van der Waals surface area contributed by atoms with Gasteiger partial charge in [-0.25, -0.2) is 0 Å². The molecule has 7 nitrogen and oxygen atoms in total. The van der Waals surface area contributed by atoms with Crippen LogP contribution < -0.4 is 5.32 Å². The monoisotopic (exact) mass is 436 g/mol. The van der Waals surface area contributed by atoms with Gasteiger partial charge in [-0.2, -0.15) is 5.10 Å². The summed E-state index contributed by atoms with van der Waals surface area (Å²) < 4.78 is 8.21. The zero-order valence-electron chi connectivity index (χ0n) is 19.0. The lowest BCUT2D eigenvalue weighted by molar-refractivity contribution is -0.140. The second kappa shape index (κ2) is 8.35. The summed E-state index contributed by atoms with van der Waals surface area (Å²) in [7, 11) is 1.91. The van der Waals surface area contributed by atoms with Crippen LogP contribution in [0.25, 0.3) is 0 Å². The molecule has 5 rings (SSSR count). The Morgan fingerprint density at radius 1 is 1.19 bits per heavy atom. The number of likely N-dealkylation sites (tertiary alicyclic amines) is 1. The van der Waals surface area contributed by atoms with E-state index in [1.165, 1.54) is 18.4 Å². The zero-order chi connectivity index (χ0) is 22.3. The summed E-state index contributed by atoms with van der Waals surface area (Å²) in [6.45, 7) is 4.60. The van der Waals surface area contributed by atoms with Crippen LogP contribution >= 0.6 is 0 Å².